The van der Waals surface area contributed by atoms with E-state index in [0.29, 0.717) is 10.2 Å². The van der Waals surface area contributed by atoms with E-state index >= 15 is 0 Å². The van der Waals surface area contributed by atoms with Gasteiger partial charge in [-0.3, -0.25) is 14.4 Å². The number of halogens is 1. The van der Waals surface area contributed by atoms with Gasteiger partial charge in [0.1, 0.15) is 0 Å². The normalized spacial score (nSPS) is 10.3. The number of carboxylic acid groups (broad SMARTS) is 1. The Morgan fingerprint density at radius 2 is 1.96 bits per heavy atom. The number of benzene rings is 1. The Hall–Kier alpha value is -2.41. The molecule has 0 radical (unpaired) electrons. The summed E-state index contributed by atoms with van der Waals surface area (Å²) in [7, 11) is 0. The van der Waals surface area contributed by atoms with Gasteiger partial charge in [-0.15, -0.1) is 0 Å². The molecule has 0 atom stereocenters. The zero-order chi connectivity index (χ0) is 17.0. The highest BCUT2D eigenvalue weighted by Gasteiger charge is 2.28. The van der Waals surface area contributed by atoms with E-state index in [1.807, 2.05) is 6.92 Å². The van der Waals surface area contributed by atoms with Crippen LogP contribution in [-0.2, 0) is 9.59 Å². The van der Waals surface area contributed by atoms with Crippen molar-refractivity contribution >= 4 is 39.4 Å². The van der Waals surface area contributed by atoms with Gasteiger partial charge in [0.2, 0.25) is 5.91 Å². The zero-order valence-electron chi connectivity index (χ0n) is 12.3. The molecular formula is C16H14BrNO5. The first-order valence-electron chi connectivity index (χ1n) is 6.79. The minimum atomic E-state index is -1.10. The summed E-state index contributed by atoms with van der Waals surface area (Å²) in [6.45, 7) is 1.87. The highest BCUT2D eigenvalue weighted by Crippen LogP contribution is 2.29. The highest BCUT2D eigenvalue weighted by atomic mass is 79.9. The smallest absolute Gasteiger partial charge is 0.303 e. The monoisotopic (exact) mass is 379 g/mol. The van der Waals surface area contributed by atoms with E-state index in [1.54, 1.807) is 18.2 Å². The first-order chi connectivity index (χ1) is 10.9. The third-order valence-electron chi connectivity index (χ3n) is 3.08. The van der Waals surface area contributed by atoms with Gasteiger partial charge in [-0.25, -0.2) is 4.90 Å². The van der Waals surface area contributed by atoms with Crippen molar-refractivity contribution in [2.75, 3.05) is 4.90 Å². The lowest BCUT2D eigenvalue weighted by Gasteiger charge is -2.21. The number of amides is 2. The third-order valence-corrected chi connectivity index (χ3v) is 3.72. The number of hydrogen-bond donors (Lipinski definition) is 1. The van der Waals surface area contributed by atoms with E-state index in [-0.39, 0.29) is 18.6 Å². The maximum atomic E-state index is 12.6. The van der Waals surface area contributed by atoms with Crippen molar-refractivity contribution in [2.45, 2.75) is 19.8 Å². The van der Waals surface area contributed by atoms with Gasteiger partial charge in [-0.05, 0) is 52.7 Å². The number of nitrogens with zero attached hydrogens (tertiary/aromatic N) is 1. The average Bonchev–Trinajstić information content (AvgIpc) is 3.01. The molecule has 2 amide bonds. The van der Waals surface area contributed by atoms with Gasteiger partial charge in [-0.1, -0.05) is 6.07 Å². The van der Waals surface area contributed by atoms with Crippen LogP contribution in [0.4, 0.5) is 5.69 Å². The predicted octanol–water partition coefficient (Wildman–Crippen LogP) is 3.39. The van der Waals surface area contributed by atoms with E-state index in [9.17, 15) is 14.4 Å². The van der Waals surface area contributed by atoms with Crippen molar-refractivity contribution in [2.24, 2.45) is 0 Å². The van der Waals surface area contributed by atoms with Crippen LogP contribution >= 0.6 is 15.9 Å². The molecule has 120 valence electrons. The Balaban J connectivity index is 2.40. The van der Waals surface area contributed by atoms with Crippen LogP contribution in [-0.4, -0.2) is 22.9 Å². The molecule has 1 N–H and O–H groups in total. The lowest BCUT2D eigenvalue weighted by molar-refractivity contribution is -0.138. The third kappa shape index (κ3) is 4.07. The second kappa shape index (κ2) is 7.23. The molecule has 0 aliphatic rings. The number of aryl methyl sites for hydroxylation is 1. The van der Waals surface area contributed by atoms with Gasteiger partial charge in [-0.2, -0.15) is 0 Å². The molecule has 1 heterocycles. The molecule has 0 aliphatic carbocycles. The summed E-state index contributed by atoms with van der Waals surface area (Å²) in [4.78, 5) is 36.6. The molecule has 0 unspecified atom stereocenters. The molecule has 0 fully saturated rings. The van der Waals surface area contributed by atoms with E-state index in [1.165, 1.54) is 18.4 Å². The van der Waals surface area contributed by atoms with Crippen LogP contribution in [0.2, 0.25) is 0 Å². The van der Waals surface area contributed by atoms with Gasteiger partial charge in [0, 0.05) is 10.9 Å². The van der Waals surface area contributed by atoms with Gasteiger partial charge in [0.15, 0.2) is 5.76 Å². The molecule has 0 bridgehead atoms. The van der Waals surface area contributed by atoms with Gasteiger partial charge >= 0.3 is 11.9 Å². The van der Waals surface area contributed by atoms with Crippen molar-refractivity contribution in [1.82, 2.24) is 0 Å². The molecule has 7 heteroatoms. The molecule has 0 spiro atoms. The number of carbonyl (C=O) groups excluding carboxylic acids is 2. The zero-order valence-corrected chi connectivity index (χ0v) is 13.9. The van der Waals surface area contributed by atoms with Crippen LogP contribution in [0.5, 0.6) is 0 Å². The summed E-state index contributed by atoms with van der Waals surface area (Å²) < 4.78 is 5.62. The molecule has 23 heavy (non-hydrogen) atoms. The number of anilines is 1. The molecule has 0 aliphatic heterocycles. The minimum absolute atomic E-state index is 0.00106. The van der Waals surface area contributed by atoms with Crippen LogP contribution in [0.15, 0.2) is 45.5 Å². The lowest BCUT2D eigenvalue weighted by atomic mass is 10.2. The first kappa shape index (κ1) is 17.0. The Kier molecular flexibility index (Phi) is 5.33. The quantitative estimate of drug-likeness (QED) is 0.859. The summed E-state index contributed by atoms with van der Waals surface area (Å²) in [5.74, 6) is -2.36. The van der Waals surface area contributed by atoms with Crippen molar-refractivity contribution in [3.63, 3.8) is 0 Å². The number of hydrogen-bond acceptors (Lipinski definition) is 4. The maximum absolute atomic E-state index is 12.6. The van der Waals surface area contributed by atoms with Gasteiger partial charge < -0.3 is 9.52 Å². The molecule has 2 aromatic rings. The first-order valence-corrected chi connectivity index (χ1v) is 7.58. The summed E-state index contributed by atoms with van der Waals surface area (Å²) in [5.41, 5.74) is 1.29. The van der Waals surface area contributed by atoms with Crippen LogP contribution in [0.25, 0.3) is 0 Å². The molecule has 6 nitrogen and oxygen atoms in total. The van der Waals surface area contributed by atoms with Gasteiger partial charge in [0.25, 0.3) is 0 Å². The van der Waals surface area contributed by atoms with Crippen molar-refractivity contribution in [3.05, 3.63) is 52.4 Å². The van der Waals surface area contributed by atoms with E-state index in [4.69, 9.17) is 9.52 Å². The van der Waals surface area contributed by atoms with Crippen LogP contribution in [0.1, 0.15) is 29.0 Å². The predicted molar refractivity (Wildman–Crippen MR) is 86.3 cm³/mol. The molecule has 1 aromatic heterocycles. The van der Waals surface area contributed by atoms with Crippen LogP contribution in [0, 0.1) is 6.92 Å². The van der Waals surface area contributed by atoms with E-state index < -0.39 is 17.8 Å². The topological polar surface area (TPSA) is 87.8 Å². The SMILES string of the molecule is Cc1ccc(N(C(=O)CCC(=O)O)C(=O)c2ccco2)c(Br)c1. The van der Waals surface area contributed by atoms with E-state index in [0.717, 1.165) is 10.5 Å². The molecule has 0 saturated carbocycles. The van der Waals surface area contributed by atoms with Crippen molar-refractivity contribution in [3.8, 4) is 0 Å². The standard InChI is InChI=1S/C16H14BrNO5/c1-10-4-5-12(11(17)9-10)18(14(19)6-7-15(20)21)16(22)13-3-2-8-23-13/h2-5,8-9H,6-7H2,1H3,(H,20,21). The molecular weight excluding hydrogens is 366 g/mol. The van der Waals surface area contributed by atoms with E-state index in [2.05, 4.69) is 15.9 Å². The number of carbonyl (C=O) groups is 3. The Labute approximate surface area is 140 Å². The fourth-order valence-electron chi connectivity index (χ4n) is 1.99. The Bertz CT molecular complexity index is 739. The largest absolute Gasteiger partial charge is 0.481 e. The van der Waals surface area contributed by atoms with Crippen LogP contribution < -0.4 is 4.90 Å². The number of aliphatic carboxylic acids is 1. The summed E-state index contributed by atoms with van der Waals surface area (Å²) in [5, 5.41) is 8.74. The highest BCUT2D eigenvalue weighted by molar-refractivity contribution is 9.10. The molecule has 1 aromatic carbocycles. The Morgan fingerprint density at radius 1 is 1.22 bits per heavy atom. The average molecular weight is 380 g/mol. The molecule has 0 saturated heterocycles. The van der Waals surface area contributed by atoms with Crippen molar-refractivity contribution in [1.29, 1.82) is 0 Å². The van der Waals surface area contributed by atoms with Crippen LogP contribution in [0.3, 0.4) is 0 Å². The van der Waals surface area contributed by atoms with Gasteiger partial charge in [0.05, 0.1) is 18.4 Å². The number of carboxylic acids is 1. The fourth-order valence-corrected chi connectivity index (χ4v) is 2.66. The second-order valence-corrected chi connectivity index (χ2v) is 5.71. The Morgan fingerprint density at radius 3 is 2.52 bits per heavy atom. The number of rotatable bonds is 5. The lowest BCUT2D eigenvalue weighted by Crippen LogP contribution is -2.37. The fraction of sp³-hybridized carbons (Fsp3) is 0.188. The number of furan rings is 1. The minimum Gasteiger partial charge on any atom is -0.481 e. The second-order valence-electron chi connectivity index (χ2n) is 4.86. The number of imide groups is 1. The molecule has 2 rings (SSSR count). The summed E-state index contributed by atoms with van der Waals surface area (Å²) >= 11 is 3.33. The van der Waals surface area contributed by atoms with Crippen molar-refractivity contribution < 1.29 is 23.9 Å². The summed E-state index contributed by atoms with van der Waals surface area (Å²) in [6.07, 6.45) is 0.684. The summed E-state index contributed by atoms with van der Waals surface area (Å²) in [6, 6.07) is 8.13. The maximum Gasteiger partial charge on any atom is 0.303 e.